The van der Waals surface area contributed by atoms with Crippen LogP contribution in [-0.4, -0.2) is 18.0 Å². The van der Waals surface area contributed by atoms with E-state index in [4.69, 9.17) is 0 Å². The van der Waals surface area contributed by atoms with Crippen molar-refractivity contribution >= 4 is 11.6 Å². The lowest BCUT2D eigenvalue weighted by molar-refractivity contribution is -0.121. The number of carbonyl (C=O) groups is 1. The largest absolute Gasteiger partial charge is 0.374 e. The van der Waals surface area contributed by atoms with Gasteiger partial charge >= 0.3 is 0 Å². The van der Waals surface area contributed by atoms with E-state index in [0.29, 0.717) is 6.04 Å². The lowest BCUT2D eigenvalue weighted by Crippen LogP contribution is -2.38. The second kappa shape index (κ2) is 4.78. The number of benzene rings is 1. The van der Waals surface area contributed by atoms with Gasteiger partial charge in [-0.1, -0.05) is 12.1 Å². The lowest BCUT2D eigenvalue weighted by atomic mass is 10.1. The van der Waals surface area contributed by atoms with Crippen molar-refractivity contribution in [3.63, 3.8) is 0 Å². The van der Waals surface area contributed by atoms with Crippen molar-refractivity contribution in [2.45, 2.75) is 45.7 Å². The molecule has 1 atom stereocenters. The summed E-state index contributed by atoms with van der Waals surface area (Å²) >= 11 is 0. The number of aryl methyl sites for hydroxylation is 2. The van der Waals surface area contributed by atoms with E-state index < -0.39 is 0 Å². The van der Waals surface area contributed by atoms with Gasteiger partial charge in [0.2, 0.25) is 5.91 Å². The predicted molar refractivity (Wildman–Crippen MR) is 70.2 cm³/mol. The number of carbonyl (C=O) groups excluding carboxylic acids is 1. The third kappa shape index (κ3) is 3.22. The average Bonchev–Trinajstić information content (AvgIpc) is 3.07. The summed E-state index contributed by atoms with van der Waals surface area (Å²) < 4.78 is 0. The van der Waals surface area contributed by atoms with Crippen LogP contribution in [0.25, 0.3) is 0 Å². The van der Waals surface area contributed by atoms with Crippen LogP contribution in [0.5, 0.6) is 0 Å². The lowest BCUT2D eigenvalue weighted by Gasteiger charge is -2.17. The van der Waals surface area contributed by atoms with Crippen LogP contribution in [0.4, 0.5) is 5.69 Å². The first-order chi connectivity index (χ1) is 8.06. The molecule has 1 aromatic carbocycles. The Kier molecular flexibility index (Phi) is 3.36. The van der Waals surface area contributed by atoms with E-state index in [-0.39, 0.29) is 11.9 Å². The fraction of sp³-hybridized carbons (Fsp3) is 0.500. The van der Waals surface area contributed by atoms with Gasteiger partial charge in [0.1, 0.15) is 6.04 Å². The van der Waals surface area contributed by atoms with Crippen LogP contribution >= 0.6 is 0 Å². The van der Waals surface area contributed by atoms with Crippen LogP contribution in [0.15, 0.2) is 18.2 Å². The van der Waals surface area contributed by atoms with Gasteiger partial charge in [-0.25, -0.2) is 0 Å². The highest BCUT2D eigenvalue weighted by molar-refractivity contribution is 5.84. The van der Waals surface area contributed by atoms with Crippen LogP contribution in [0.2, 0.25) is 0 Å². The normalized spacial score (nSPS) is 16.4. The Balaban J connectivity index is 1.98. The standard InChI is InChI=1S/C14H20N2O/c1-9-4-5-10(2)13(8-9)15-11(3)14(17)16-12-6-7-12/h4-5,8,11-12,15H,6-7H2,1-3H3,(H,16,17). The summed E-state index contributed by atoms with van der Waals surface area (Å²) in [5, 5.41) is 6.28. The molecule has 0 spiro atoms. The molecule has 1 unspecified atom stereocenters. The van der Waals surface area contributed by atoms with Crippen molar-refractivity contribution < 1.29 is 4.79 Å². The fourth-order valence-corrected chi connectivity index (χ4v) is 1.74. The SMILES string of the molecule is Cc1ccc(C)c(NC(C)C(=O)NC2CC2)c1. The minimum atomic E-state index is -0.184. The first-order valence-electron chi connectivity index (χ1n) is 6.20. The highest BCUT2D eigenvalue weighted by Gasteiger charge is 2.25. The minimum absolute atomic E-state index is 0.0911. The maximum absolute atomic E-state index is 11.8. The maximum Gasteiger partial charge on any atom is 0.242 e. The Morgan fingerprint density at radius 3 is 2.71 bits per heavy atom. The molecule has 0 heterocycles. The van der Waals surface area contributed by atoms with Gasteiger partial charge < -0.3 is 10.6 Å². The van der Waals surface area contributed by atoms with Crippen LogP contribution < -0.4 is 10.6 Å². The molecule has 0 aromatic heterocycles. The zero-order chi connectivity index (χ0) is 12.4. The first kappa shape index (κ1) is 12.0. The van der Waals surface area contributed by atoms with E-state index in [1.807, 2.05) is 13.8 Å². The van der Waals surface area contributed by atoms with Gasteiger partial charge in [-0.3, -0.25) is 4.79 Å². The molecule has 3 heteroatoms. The van der Waals surface area contributed by atoms with Crippen LogP contribution in [0.1, 0.15) is 30.9 Å². The van der Waals surface area contributed by atoms with Crippen molar-refractivity contribution in [2.24, 2.45) is 0 Å². The smallest absolute Gasteiger partial charge is 0.242 e. The number of nitrogens with one attached hydrogen (secondary N) is 2. The van der Waals surface area contributed by atoms with E-state index in [1.54, 1.807) is 0 Å². The third-order valence-corrected chi connectivity index (χ3v) is 3.08. The monoisotopic (exact) mass is 232 g/mol. The molecular formula is C14H20N2O. The van der Waals surface area contributed by atoms with E-state index in [0.717, 1.165) is 18.5 Å². The first-order valence-corrected chi connectivity index (χ1v) is 6.20. The fourth-order valence-electron chi connectivity index (χ4n) is 1.74. The summed E-state index contributed by atoms with van der Waals surface area (Å²) in [4.78, 5) is 11.8. The number of hydrogen-bond donors (Lipinski definition) is 2. The Labute approximate surface area is 103 Å². The Morgan fingerprint density at radius 2 is 2.06 bits per heavy atom. The molecule has 1 aromatic rings. The van der Waals surface area contributed by atoms with Crippen molar-refractivity contribution in [1.82, 2.24) is 5.32 Å². The molecule has 1 fully saturated rings. The van der Waals surface area contributed by atoms with Gasteiger partial charge in [-0.15, -0.1) is 0 Å². The molecule has 17 heavy (non-hydrogen) atoms. The number of rotatable bonds is 4. The van der Waals surface area contributed by atoms with E-state index >= 15 is 0 Å². The summed E-state index contributed by atoms with van der Waals surface area (Å²) in [5.74, 6) is 0.0911. The van der Waals surface area contributed by atoms with Gasteiger partial charge in [0.05, 0.1) is 0 Å². The molecule has 0 aliphatic heterocycles. The van der Waals surface area contributed by atoms with E-state index in [2.05, 4.69) is 35.8 Å². The topological polar surface area (TPSA) is 41.1 Å². The summed E-state index contributed by atoms with van der Waals surface area (Å²) in [7, 11) is 0. The van der Waals surface area contributed by atoms with Gasteiger partial charge in [0.25, 0.3) is 0 Å². The summed E-state index contributed by atoms with van der Waals surface area (Å²) in [6, 6.07) is 6.47. The highest BCUT2D eigenvalue weighted by atomic mass is 16.2. The summed E-state index contributed by atoms with van der Waals surface area (Å²) in [5.41, 5.74) is 3.41. The van der Waals surface area contributed by atoms with Crippen LogP contribution in [0, 0.1) is 13.8 Å². The molecule has 2 N–H and O–H groups in total. The second-order valence-corrected chi connectivity index (χ2v) is 4.97. The highest BCUT2D eigenvalue weighted by Crippen LogP contribution is 2.20. The van der Waals surface area contributed by atoms with E-state index in [9.17, 15) is 4.79 Å². The number of amides is 1. The molecule has 0 radical (unpaired) electrons. The predicted octanol–water partition coefficient (Wildman–Crippen LogP) is 2.38. The quantitative estimate of drug-likeness (QED) is 0.837. The van der Waals surface area contributed by atoms with Crippen molar-refractivity contribution in [2.75, 3.05) is 5.32 Å². The molecule has 0 bridgehead atoms. The van der Waals surface area contributed by atoms with Crippen molar-refractivity contribution in [3.8, 4) is 0 Å². The van der Waals surface area contributed by atoms with Crippen LogP contribution in [0.3, 0.4) is 0 Å². The zero-order valence-electron chi connectivity index (χ0n) is 10.7. The molecule has 2 rings (SSSR count). The van der Waals surface area contributed by atoms with Crippen molar-refractivity contribution in [1.29, 1.82) is 0 Å². The third-order valence-electron chi connectivity index (χ3n) is 3.08. The Morgan fingerprint density at radius 1 is 1.35 bits per heavy atom. The number of hydrogen-bond acceptors (Lipinski definition) is 2. The van der Waals surface area contributed by atoms with Gasteiger partial charge in [0, 0.05) is 11.7 Å². The summed E-state index contributed by atoms with van der Waals surface area (Å²) in [6.45, 7) is 6.01. The summed E-state index contributed by atoms with van der Waals surface area (Å²) in [6.07, 6.45) is 2.25. The average molecular weight is 232 g/mol. The maximum atomic E-state index is 11.8. The van der Waals surface area contributed by atoms with Gasteiger partial charge in [-0.2, -0.15) is 0 Å². The number of anilines is 1. The second-order valence-electron chi connectivity index (χ2n) is 4.97. The molecule has 1 aliphatic carbocycles. The molecule has 92 valence electrons. The zero-order valence-corrected chi connectivity index (χ0v) is 10.7. The molecule has 3 nitrogen and oxygen atoms in total. The Bertz CT molecular complexity index is 424. The van der Waals surface area contributed by atoms with Gasteiger partial charge in [-0.05, 0) is 50.8 Å². The molecule has 0 saturated heterocycles. The molecular weight excluding hydrogens is 212 g/mol. The molecule has 1 amide bonds. The van der Waals surface area contributed by atoms with Crippen molar-refractivity contribution in [3.05, 3.63) is 29.3 Å². The minimum Gasteiger partial charge on any atom is -0.374 e. The Hall–Kier alpha value is -1.51. The molecule has 1 saturated carbocycles. The van der Waals surface area contributed by atoms with Crippen LogP contribution in [-0.2, 0) is 4.79 Å². The van der Waals surface area contributed by atoms with Gasteiger partial charge in [0.15, 0.2) is 0 Å². The van der Waals surface area contributed by atoms with E-state index in [1.165, 1.54) is 11.1 Å². The molecule has 1 aliphatic rings.